The molecule has 1 rings (SSSR count). The summed E-state index contributed by atoms with van der Waals surface area (Å²) < 4.78 is 5.39. The van der Waals surface area contributed by atoms with Crippen molar-refractivity contribution in [3.05, 3.63) is 29.3 Å². The summed E-state index contributed by atoms with van der Waals surface area (Å²) >= 11 is 0. The first-order valence-corrected chi connectivity index (χ1v) is 6.33. The zero-order chi connectivity index (χ0) is 13.1. The molecule has 2 nitrogen and oxygen atoms in total. The van der Waals surface area contributed by atoms with Gasteiger partial charge in [-0.25, -0.2) is 0 Å². The van der Waals surface area contributed by atoms with E-state index >= 15 is 0 Å². The Morgan fingerprint density at radius 2 is 2.00 bits per heavy atom. The van der Waals surface area contributed by atoms with Gasteiger partial charge in [-0.1, -0.05) is 32.9 Å². The lowest BCUT2D eigenvalue weighted by Gasteiger charge is -2.25. The Hall–Kier alpha value is -1.02. The number of hydrogen-bond donors (Lipinski definition) is 1. The Labute approximate surface area is 105 Å². The Morgan fingerprint density at radius 1 is 1.35 bits per heavy atom. The summed E-state index contributed by atoms with van der Waals surface area (Å²) in [4.78, 5) is 0. The van der Waals surface area contributed by atoms with E-state index in [1.54, 1.807) is 7.11 Å². The highest BCUT2D eigenvalue weighted by molar-refractivity contribution is 5.40. The lowest BCUT2D eigenvalue weighted by atomic mass is 9.81. The van der Waals surface area contributed by atoms with Gasteiger partial charge in [0, 0.05) is 6.04 Å². The fraction of sp³-hybridized carbons (Fsp3) is 0.600. The van der Waals surface area contributed by atoms with Crippen LogP contribution in [0.2, 0.25) is 0 Å². The van der Waals surface area contributed by atoms with Crippen molar-refractivity contribution in [3.8, 4) is 5.75 Å². The van der Waals surface area contributed by atoms with Crippen LogP contribution in [0.1, 0.15) is 45.2 Å². The van der Waals surface area contributed by atoms with E-state index in [0.717, 1.165) is 18.6 Å². The minimum atomic E-state index is 0.156. The molecule has 0 aliphatic heterocycles. The summed E-state index contributed by atoms with van der Waals surface area (Å²) in [5, 5.41) is 0. The average Bonchev–Trinajstić information content (AvgIpc) is 2.28. The third-order valence-corrected chi connectivity index (χ3v) is 3.49. The van der Waals surface area contributed by atoms with Gasteiger partial charge in [-0.3, -0.25) is 0 Å². The standard InChI is InChI=1S/C15H25NO/c1-6-15(3,4)13-7-8-14(17-5)12(10-13)9-11(2)16/h7-8,10-11H,6,9,16H2,1-5H3. The fourth-order valence-corrected chi connectivity index (χ4v) is 1.91. The minimum Gasteiger partial charge on any atom is -0.496 e. The molecule has 96 valence electrons. The van der Waals surface area contributed by atoms with Gasteiger partial charge in [0.05, 0.1) is 7.11 Å². The molecule has 2 heteroatoms. The van der Waals surface area contributed by atoms with Gasteiger partial charge in [-0.2, -0.15) is 0 Å². The van der Waals surface area contributed by atoms with Crippen molar-refractivity contribution in [1.82, 2.24) is 0 Å². The molecule has 17 heavy (non-hydrogen) atoms. The zero-order valence-corrected chi connectivity index (χ0v) is 11.7. The molecule has 1 atom stereocenters. The summed E-state index contributed by atoms with van der Waals surface area (Å²) in [7, 11) is 1.71. The van der Waals surface area contributed by atoms with Crippen LogP contribution in [0.15, 0.2) is 18.2 Å². The van der Waals surface area contributed by atoms with Crippen molar-refractivity contribution in [2.24, 2.45) is 5.73 Å². The van der Waals surface area contributed by atoms with Gasteiger partial charge < -0.3 is 10.5 Å². The first kappa shape index (κ1) is 14.0. The van der Waals surface area contributed by atoms with Crippen LogP contribution in [-0.2, 0) is 11.8 Å². The van der Waals surface area contributed by atoms with Crippen molar-refractivity contribution in [3.63, 3.8) is 0 Å². The molecule has 0 aliphatic carbocycles. The molecule has 0 amide bonds. The molecule has 1 aromatic rings. The van der Waals surface area contributed by atoms with E-state index in [1.807, 2.05) is 6.92 Å². The molecular formula is C15H25NO. The lowest BCUT2D eigenvalue weighted by Crippen LogP contribution is -2.20. The van der Waals surface area contributed by atoms with Gasteiger partial charge in [0.15, 0.2) is 0 Å². The molecule has 0 aromatic heterocycles. The predicted octanol–water partition coefficient (Wildman–Crippen LogP) is 3.27. The maximum absolute atomic E-state index is 5.88. The van der Waals surface area contributed by atoms with Crippen LogP contribution in [0, 0.1) is 0 Å². The van der Waals surface area contributed by atoms with Crippen molar-refractivity contribution in [2.45, 2.75) is 52.0 Å². The van der Waals surface area contributed by atoms with Crippen LogP contribution in [0.25, 0.3) is 0 Å². The Balaban J connectivity index is 3.12. The Bertz CT molecular complexity index is 369. The van der Waals surface area contributed by atoms with Gasteiger partial charge in [0.1, 0.15) is 5.75 Å². The maximum Gasteiger partial charge on any atom is 0.122 e. The number of hydrogen-bond acceptors (Lipinski definition) is 2. The van der Waals surface area contributed by atoms with Crippen molar-refractivity contribution >= 4 is 0 Å². The van der Waals surface area contributed by atoms with Crippen molar-refractivity contribution in [1.29, 1.82) is 0 Å². The number of rotatable bonds is 5. The fourth-order valence-electron chi connectivity index (χ4n) is 1.91. The highest BCUT2D eigenvalue weighted by Crippen LogP contribution is 2.31. The van der Waals surface area contributed by atoms with Crippen LogP contribution < -0.4 is 10.5 Å². The summed E-state index contributed by atoms with van der Waals surface area (Å²) in [5.41, 5.74) is 8.66. The Morgan fingerprint density at radius 3 is 2.47 bits per heavy atom. The van der Waals surface area contributed by atoms with E-state index in [4.69, 9.17) is 10.5 Å². The van der Waals surface area contributed by atoms with Gasteiger partial charge in [0.2, 0.25) is 0 Å². The summed E-state index contributed by atoms with van der Waals surface area (Å²) in [6, 6.07) is 6.62. The maximum atomic E-state index is 5.88. The van der Waals surface area contributed by atoms with Crippen LogP contribution in [0.5, 0.6) is 5.75 Å². The number of methoxy groups -OCH3 is 1. The van der Waals surface area contributed by atoms with Crippen LogP contribution in [0.3, 0.4) is 0 Å². The number of ether oxygens (including phenoxy) is 1. The van der Waals surface area contributed by atoms with Gasteiger partial charge in [-0.15, -0.1) is 0 Å². The molecule has 0 saturated carbocycles. The van der Waals surface area contributed by atoms with E-state index in [-0.39, 0.29) is 11.5 Å². The van der Waals surface area contributed by atoms with E-state index in [2.05, 4.69) is 39.0 Å². The third kappa shape index (κ3) is 3.47. The largest absolute Gasteiger partial charge is 0.496 e. The highest BCUT2D eigenvalue weighted by Gasteiger charge is 2.19. The van der Waals surface area contributed by atoms with Crippen LogP contribution >= 0.6 is 0 Å². The molecule has 0 bridgehead atoms. The second-order valence-electron chi connectivity index (χ2n) is 5.45. The lowest BCUT2D eigenvalue weighted by molar-refractivity contribution is 0.407. The van der Waals surface area contributed by atoms with Crippen LogP contribution in [-0.4, -0.2) is 13.2 Å². The molecule has 2 N–H and O–H groups in total. The SMILES string of the molecule is CCC(C)(C)c1ccc(OC)c(CC(C)N)c1. The molecule has 0 saturated heterocycles. The van der Waals surface area contributed by atoms with Gasteiger partial charge in [-0.05, 0) is 42.4 Å². The van der Waals surface area contributed by atoms with Crippen molar-refractivity contribution in [2.75, 3.05) is 7.11 Å². The molecule has 0 fully saturated rings. The second kappa shape index (κ2) is 5.54. The Kier molecular flexibility index (Phi) is 4.58. The number of nitrogens with two attached hydrogens (primary N) is 1. The molecule has 0 spiro atoms. The number of benzene rings is 1. The van der Waals surface area contributed by atoms with Crippen molar-refractivity contribution < 1.29 is 4.74 Å². The monoisotopic (exact) mass is 235 g/mol. The minimum absolute atomic E-state index is 0.156. The van der Waals surface area contributed by atoms with E-state index in [9.17, 15) is 0 Å². The molecule has 0 heterocycles. The third-order valence-electron chi connectivity index (χ3n) is 3.49. The highest BCUT2D eigenvalue weighted by atomic mass is 16.5. The quantitative estimate of drug-likeness (QED) is 0.850. The molecule has 1 unspecified atom stereocenters. The van der Waals surface area contributed by atoms with E-state index < -0.39 is 0 Å². The predicted molar refractivity (Wildman–Crippen MR) is 73.7 cm³/mol. The summed E-state index contributed by atoms with van der Waals surface area (Å²) in [5.74, 6) is 0.943. The first-order valence-electron chi connectivity index (χ1n) is 6.33. The molecule has 1 aromatic carbocycles. The zero-order valence-electron chi connectivity index (χ0n) is 11.7. The van der Waals surface area contributed by atoms with Crippen LogP contribution in [0.4, 0.5) is 0 Å². The van der Waals surface area contributed by atoms with Gasteiger partial charge in [0.25, 0.3) is 0 Å². The van der Waals surface area contributed by atoms with E-state index in [0.29, 0.717) is 0 Å². The van der Waals surface area contributed by atoms with Gasteiger partial charge >= 0.3 is 0 Å². The second-order valence-corrected chi connectivity index (χ2v) is 5.45. The average molecular weight is 235 g/mol. The normalized spacial score (nSPS) is 13.5. The first-order chi connectivity index (χ1) is 7.90. The smallest absolute Gasteiger partial charge is 0.122 e. The molecule has 0 radical (unpaired) electrons. The van der Waals surface area contributed by atoms with E-state index in [1.165, 1.54) is 11.1 Å². The summed E-state index contributed by atoms with van der Waals surface area (Å²) in [6.45, 7) is 8.78. The molecule has 0 aliphatic rings. The molecular weight excluding hydrogens is 210 g/mol. The summed E-state index contributed by atoms with van der Waals surface area (Å²) in [6.07, 6.45) is 1.98. The topological polar surface area (TPSA) is 35.2 Å².